The van der Waals surface area contributed by atoms with E-state index >= 15 is 0 Å². The van der Waals surface area contributed by atoms with Gasteiger partial charge in [0, 0.05) is 34.0 Å². The third-order valence-electron chi connectivity index (χ3n) is 6.21. The van der Waals surface area contributed by atoms with Crippen molar-refractivity contribution in [2.75, 3.05) is 31.2 Å². The summed E-state index contributed by atoms with van der Waals surface area (Å²) in [6, 6.07) is 12.3. The van der Waals surface area contributed by atoms with Crippen LogP contribution in [-0.2, 0) is 31.5 Å². The summed E-state index contributed by atoms with van der Waals surface area (Å²) in [6.45, 7) is 2.81. The standard InChI is InChI=1S/C23H21BrCl2N4O4S/c1-23(13-15-2-4-16(24)5-3-15)21(31)29(19-11-17(25)10-18(26)12-19)22-27-14-20(30(22)23)35(32,33)28-6-8-34-9-7-28/h2-5,10-12,14H,6-9,13H2,1H3/t23-/m1/s1. The van der Waals surface area contributed by atoms with Crippen molar-refractivity contribution in [3.63, 3.8) is 0 Å². The highest BCUT2D eigenvalue weighted by Crippen LogP contribution is 2.44. The highest BCUT2D eigenvalue weighted by atomic mass is 79.9. The fourth-order valence-corrected chi connectivity index (χ4v) is 6.91. The molecule has 2 aromatic carbocycles. The van der Waals surface area contributed by atoms with E-state index in [0.717, 1.165) is 10.0 Å². The van der Waals surface area contributed by atoms with Gasteiger partial charge in [-0.25, -0.2) is 18.3 Å². The van der Waals surface area contributed by atoms with E-state index in [0.29, 0.717) is 28.9 Å². The van der Waals surface area contributed by atoms with Crippen molar-refractivity contribution in [1.29, 1.82) is 0 Å². The Kier molecular flexibility index (Phi) is 6.48. The molecule has 1 saturated heterocycles. The molecular weight excluding hydrogens is 579 g/mol. The Hall–Kier alpha value is -1.95. The van der Waals surface area contributed by atoms with Gasteiger partial charge in [0.05, 0.1) is 25.1 Å². The number of ether oxygens (including phenoxy) is 1. The van der Waals surface area contributed by atoms with E-state index in [1.165, 1.54) is 20.0 Å². The number of rotatable bonds is 5. The van der Waals surface area contributed by atoms with E-state index in [-0.39, 0.29) is 36.4 Å². The third-order valence-corrected chi connectivity index (χ3v) is 9.04. The molecule has 184 valence electrons. The number of hydrogen-bond donors (Lipinski definition) is 0. The minimum Gasteiger partial charge on any atom is -0.379 e. The first-order valence-corrected chi connectivity index (χ1v) is 13.8. The van der Waals surface area contributed by atoms with E-state index in [2.05, 4.69) is 20.9 Å². The quantitative estimate of drug-likeness (QED) is 0.428. The second kappa shape index (κ2) is 9.17. The molecule has 0 N–H and O–H groups in total. The fraction of sp³-hybridized carbons (Fsp3) is 0.304. The van der Waals surface area contributed by atoms with Crippen molar-refractivity contribution >= 4 is 66.7 Å². The maximum Gasteiger partial charge on any atom is 0.260 e. The molecule has 2 aliphatic heterocycles. The minimum atomic E-state index is -3.94. The molecule has 3 aromatic rings. The van der Waals surface area contributed by atoms with Gasteiger partial charge in [-0.2, -0.15) is 4.31 Å². The number of halogens is 3. The molecule has 2 aliphatic rings. The zero-order valence-electron chi connectivity index (χ0n) is 18.6. The van der Waals surface area contributed by atoms with E-state index in [4.69, 9.17) is 27.9 Å². The lowest BCUT2D eigenvalue weighted by molar-refractivity contribution is -0.124. The number of fused-ring (bicyclic) bond motifs is 1. The summed E-state index contributed by atoms with van der Waals surface area (Å²) in [5.41, 5.74) is 0.00182. The molecule has 12 heteroatoms. The molecule has 0 radical (unpaired) electrons. The molecule has 0 spiro atoms. The number of morpholine rings is 1. The Morgan fingerprint density at radius 2 is 1.71 bits per heavy atom. The molecule has 0 unspecified atom stereocenters. The van der Waals surface area contributed by atoms with Gasteiger partial charge in [0.1, 0.15) is 5.54 Å². The van der Waals surface area contributed by atoms with Crippen LogP contribution in [0.4, 0.5) is 11.6 Å². The number of anilines is 2. The van der Waals surface area contributed by atoms with Gasteiger partial charge >= 0.3 is 0 Å². The van der Waals surface area contributed by atoms with Gasteiger partial charge in [-0.15, -0.1) is 0 Å². The van der Waals surface area contributed by atoms with E-state index < -0.39 is 15.6 Å². The Balaban J connectivity index is 1.68. The first kappa shape index (κ1) is 24.7. The first-order valence-electron chi connectivity index (χ1n) is 10.8. The average Bonchev–Trinajstić information content (AvgIpc) is 3.34. The number of imidazole rings is 1. The maximum absolute atomic E-state index is 14.0. The van der Waals surface area contributed by atoms with Gasteiger partial charge in [0.2, 0.25) is 5.95 Å². The molecule has 0 saturated carbocycles. The normalized spacial score (nSPS) is 20.9. The van der Waals surface area contributed by atoms with Crippen molar-refractivity contribution in [3.8, 4) is 0 Å². The van der Waals surface area contributed by atoms with E-state index in [1.807, 2.05) is 24.3 Å². The van der Waals surface area contributed by atoms with Gasteiger partial charge in [0.15, 0.2) is 5.03 Å². The Labute approximate surface area is 221 Å². The molecule has 0 bridgehead atoms. The highest BCUT2D eigenvalue weighted by Gasteiger charge is 2.52. The second-order valence-corrected chi connectivity index (χ2v) is 12.3. The summed E-state index contributed by atoms with van der Waals surface area (Å²) in [6.07, 6.45) is 1.56. The number of benzene rings is 2. The summed E-state index contributed by atoms with van der Waals surface area (Å²) in [5, 5.41) is 0.653. The topological polar surface area (TPSA) is 84.7 Å². The van der Waals surface area contributed by atoms with Crippen LogP contribution in [0.25, 0.3) is 0 Å². The van der Waals surface area contributed by atoms with Crippen molar-refractivity contribution in [1.82, 2.24) is 13.9 Å². The van der Waals surface area contributed by atoms with Crippen molar-refractivity contribution in [2.45, 2.75) is 23.9 Å². The predicted octanol–water partition coefficient (Wildman–Crippen LogP) is 4.61. The summed E-state index contributed by atoms with van der Waals surface area (Å²) >= 11 is 15.9. The molecule has 5 rings (SSSR count). The van der Waals surface area contributed by atoms with Gasteiger partial charge in [-0.05, 0) is 42.8 Å². The lowest BCUT2D eigenvalue weighted by Crippen LogP contribution is -2.45. The summed E-state index contributed by atoms with van der Waals surface area (Å²) in [4.78, 5) is 19.8. The molecule has 0 aliphatic carbocycles. The predicted molar refractivity (Wildman–Crippen MR) is 137 cm³/mol. The summed E-state index contributed by atoms with van der Waals surface area (Å²) in [7, 11) is -3.94. The minimum absolute atomic E-state index is 0.0435. The van der Waals surface area contributed by atoms with Crippen LogP contribution in [0.5, 0.6) is 0 Å². The van der Waals surface area contributed by atoms with Crippen molar-refractivity contribution in [2.24, 2.45) is 0 Å². The molecule has 1 amide bonds. The Morgan fingerprint density at radius 3 is 2.34 bits per heavy atom. The molecule has 3 heterocycles. The van der Waals surface area contributed by atoms with Crippen LogP contribution in [0.15, 0.2) is 58.2 Å². The second-order valence-electron chi connectivity index (χ2n) is 8.59. The SMILES string of the molecule is C[C@@]1(Cc2ccc(Br)cc2)C(=O)N(c2cc(Cl)cc(Cl)c2)c2ncc(S(=O)(=O)N3CCOCC3)n21. The molecular formula is C23H21BrCl2N4O4S. The van der Waals surface area contributed by atoms with Gasteiger partial charge in [0.25, 0.3) is 15.9 Å². The number of hydrogen-bond acceptors (Lipinski definition) is 5. The zero-order chi connectivity index (χ0) is 25.0. The zero-order valence-corrected chi connectivity index (χ0v) is 22.5. The average molecular weight is 600 g/mol. The molecule has 1 aromatic heterocycles. The lowest BCUT2D eigenvalue weighted by Gasteiger charge is -2.30. The number of sulfonamides is 1. The van der Waals surface area contributed by atoms with Crippen molar-refractivity contribution in [3.05, 3.63) is 68.7 Å². The van der Waals surface area contributed by atoms with Gasteiger partial charge in [-0.1, -0.05) is 51.3 Å². The molecule has 8 nitrogen and oxygen atoms in total. The summed E-state index contributed by atoms with van der Waals surface area (Å²) < 4.78 is 36.5. The number of carbonyl (C=O) groups excluding carboxylic acids is 1. The van der Waals surface area contributed by atoms with Gasteiger partial charge in [-0.3, -0.25) is 9.36 Å². The highest BCUT2D eigenvalue weighted by molar-refractivity contribution is 9.10. The van der Waals surface area contributed by atoms with Crippen LogP contribution in [0.3, 0.4) is 0 Å². The number of nitrogens with zero attached hydrogens (tertiary/aromatic N) is 4. The van der Waals surface area contributed by atoms with Crippen molar-refractivity contribution < 1.29 is 17.9 Å². The van der Waals surface area contributed by atoms with Crippen LogP contribution >= 0.6 is 39.1 Å². The van der Waals surface area contributed by atoms with E-state index in [9.17, 15) is 13.2 Å². The van der Waals surface area contributed by atoms with Crippen LogP contribution in [-0.4, -0.2) is 54.5 Å². The van der Waals surface area contributed by atoms with Crippen LogP contribution in [0.2, 0.25) is 10.0 Å². The largest absolute Gasteiger partial charge is 0.379 e. The van der Waals surface area contributed by atoms with Gasteiger partial charge < -0.3 is 4.74 Å². The smallest absolute Gasteiger partial charge is 0.260 e. The monoisotopic (exact) mass is 598 g/mol. The first-order chi connectivity index (χ1) is 16.6. The number of amides is 1. The Bertz CT molecular complexity index is 1390. The number of carbonyl (C=O) groups is 1. The van der Waals surface area contributed by atoms with Crippen LogP contribution in [0.1, 0.15) is 12.5 Å². The van der Waals surface area contributed by atoms with E-state index in [1.54, 1.807) is 25.1 Å². The molecule has 1 fully saturated rings. The molecule has 35 heavy (non-hydrogen) atoms. The fourth-order valence-electron chi connectivity index (χ4n) is 4.53. The number of aromatic nitrogens is 2. The van der Waals surface area contributed by atoms with Crippen LogP contribution in [0, 0.1) is 0 Å². The lowest BCUT2D eigenvalue weighted by atomic mass is 9.92. The molecule has 1 atom stereocenters. The Morgan fingerprint density at radius 1 is 1.09 bits per heavy atom. The third kappa shape index (κ3) is 4.30. The maximum atomic E-state index is 14.0. The summed E-state index contributed by atoms with van der Waals surface area (Å²) in [5.74, 6) is -0.139. The van der Waals surface area contributed by atoms with Crippen LogP contribution < -0.4 is 4.90 Å².